The summed E-state index contributed by atoms with van der Waals surface area (Å²) >= 11 is 9.56. The van der Waals surface area contributed by atoms with Gasteiger partial charge < -0.3 is 54.7 Å². The van der Waals surface area contributed by atoms with Gasteiger partial charge in [0.05, 0.1) is 43.1 Å². The number of carbonyl (C=O) groups is 1. The van der Waals surface area contributed by atoms with Gasteiger partial charge in [-0.1, -0.05) is 46.2 Å². The number of benzene rings is 4. The van der Waals surface area contributed by atoms with Crippen molar-refractivity contribution in [3.05, 3.63) is 139 Å². The molecule has 0 fully saturated rings. The fourth-order valence-corrected chi connectivity index (χ4v) is 8.44. The van der Waals surface area contributed by atoms with Crippen molar-refractivity contribution in [3.63, 3.8) is 0 Å². The highest BCUT2D eigenvalue weighted by molar-refractivity contribution is 9.10. The summed E-state index contributed by atoms with van der Waals surface area (Å²) in [6.07, 6.45) is 6.10. The van der Waals surface area contributed by atoms with Gasteiger partial charge in [-0.3, -0.25) is 25.0 Å². The lowest BCUT2D eigenvalue weighted by Gasteiger charge is -2.23. The summed E-state index contributed by atoms with van der Waals surface area (Å²) in [5, 5.41) is 28.7. The summed E-state index contributed by atoms with van der Waals surface area (Å²) in [5.41, 5.74) is 8.18. The molecule has 0 radical (unpaired) electrons. The second-order valence-electron chi connectivity index (χ2n) is 17.7. The first-order valence-electron chi connectivity index (χ1n) is 23.7. The van der Waals surface area contributed by atoms with Gasteiger partial charge in [-0.15, -0.1) is 0 Å². The number of nitro groups is 2. The predicted octanol–water partition coefficient (Wildman–Crippen LogP) is 9.42. The molecule has 5 aromatic rings. The molecule has 410 valence electrons. The first-order valence-corrected chi connectivity index (χ1v) is 27.5. The van der Waals surface area contributed by atoms with Crippen molar-refractivity contribution in [1.29, 1.82) is 0 Å². The minimum absolute atomic E-state index is 0.0184. The zero-order valence-corrected chi connectivity index (χ0v) is 48.2. The Hall–Kier alpha value is -6.19. The molecule has 0 aliphatic rings. The van der Waals surface area contributed by atoms with E-state index < -0.39 is 17.0 Å². The minimum Gasteiger partial charge on any atom is -0.496 e. The lowest BCUT2D eigenvalue weighted by molar-refractivity contribution is -0.385. The van der Waals surface area contributed by atoms with Crippen molar-refractivity contribution in [3.8, 4) is 17.2 Å². The standard InChI is InChI=1S/C28H35ClN5O3P.C12H19N3O3.C7H6BrNO3.C5H14N2/c1-7-27(35)34(16-10-15-33(2)3)21-13-14-24(37-4)20(17-21)18-26-30-19-22(29)28(32-26)31-23-11-8-9-12-25(23)38(5,6)36;1-14(2)8-4-7-13-10-5-6-12(18-3)11(9-10)15(16)17;1-12-7-3-2-5(8)4-6(7)9(10)11;1-7(2)5-3-4-6/h7-9,11-14,17,19H,1,10,15-16,18H2,2-6H3,(H,30,31,32);5-6,9,13H,4,7-8H2,1-3H3;2-4H,1H3;3-6H2,1-2H3. The van der Waals surface area contributed by atoms with Crippen LogP contribution in [0.1, 0.15) is 30.7 Å². The normalized spacial score (nSPS) is 10.7. The fourth-order valence-electron chi connectivity index (χ4n) is 6.80. The third-order valence-electron chi connectivity index (χ3n) is 10.5. The highest BCUT2D eigenvalue weighted by Crippen LogP contribution is 2.39. The van der Waals surface area contributed by atoms with Gasteiger partial charge in [-0.2, -0.15) is 0 Å². The number of nitrogens with two attached hydrogens (primary N) is 1. The van der Waals surface area contributed by atoms with Crippen LogP contribution < -0.4 is 40.8 Å². The number of anilines is 4. The van der Waals surface area contributed by atoms with Crippen LogP contribution in [0.15, 0.2) is 102 Å². The summed E-state index contributed by atoms with van der Waals surface area (Å²) in [7, 11) is 14.0. The number of amides is 1. The van der Waals surface area contributed by atoms with E-state index >= 15 is 0 Å². The highest BCUT2D eigenvalue weighted by atomic mass is 79.9. The molecule has 20 nitrogen and oxygen atoms in total. The molecule has 0 aliphatic carbocycles. The first kappa shape index (κ1) is 64.9. The Labute approximate surface area is 455 Å². The van der Waals surface area contributed by atoms with Crippen LogP contribution in [-0.2, 0) is 15.8 Å². The zero-order valence-electron chi connectivity index (χ0n) is 45.0. The minimum atomic E-state index is -2.53. The van der Waals surface area contributed by atoms with Gasteiger partial charge in [0.1, 0.15) is 23.7 Å². The number of rotatable bonds is 24. The number of nitro benzene ring substituents is 2. The van der Waals surface area contributed by atoms with Crippen LogP contribution in [0, 0.1) is 20.2 Å². The zero-order chi connectivity index (χ0) is 56.3. The molecule has 0 bridgehead atoms. The van der Waals surface area contributed by atoms with E-state index in [9.17, 15) is 29.6 Å². The van der Waals surface area contributed by atoms with Crippen molar-refractivity contribution in [2.75, 3.05) is 132 Å². The summed E-state index contributed by atoms with van der Waals surface area (Å²) in [5.74, 6) is 1.96. The molecular weight excluding hydrogens is 1070 g/mol. The molecule has 0 saturated carbocycles. The van der Waals surface area contributed by atoms with E-state index in [0.29, 0.717) is 50.8 Å². The van der Waals surface area contributed by atoms with E-state index in [1.807, 2.05) is 70.7 Å². The number of halogens is 2. The molecule has 4 aromatic carbocycles. The van der Waals surface area contributed by atoms with E-state index in [4.69, 9.17) is 31.5 Å². The van der Waals surface area contributed by atoms with Gasteiger partial charge in [0, 0.05) is 58.4 Å². The smallest absolute Gasteiger partial charge is 0.312 e. The van der Waals surface area contributed by atoms with E-state index in [2.05, 4.69) is 71.9 Å². The predicted molar refractivity (Wildman–Crippen MR) is 308 cm³/mol. The van der Waals surface area contributed by atoms with E-state index in [0.717, 1.165) is 68.9 Å². The monoisotopic (exact) mass is 1140 g/mol. The molecule has 1 heterocycles. The number of hydrogen-bond donors (Lipinski definition) is 3. The Bertz CT molecular complexity index is 2660. The van der Waals surface area contributed by atoms with Gasteiger partial charge in [-0.05, 0) is 162 Å². The maximum Gasteiger partial charge on any atom is 0.312 e. The Morgan fingerprint density at radius 1 is 0.800 bits per heavy atom. The maximum atomic E-state index is 12.8. The summed E-state index contributed by atoms with van der Waals surface area (Å²) in [6.45, 7) is 12.2. The Morgan fingerprint density at radius 3 is 1.91 bits per heavy atom. The number of nitrogens with zero attached hydrogens (tertiary/aromatic N) is 8. The van der Waals surface area contributed by atoms with Crippen LogP contribution in [0.3, 0.4) is 0 Å². The number of carbonyl (C=O) groups excluding carboxylic acids is 1. The molecule has 4 N–H and O–H groups in total. The molecule has 0 unspecified atom stereocenters. The van der Waals surface area contributed by atoms with Crippen LogP contribution >= 0.6 is 34.7 Å². The average molecular weight is 1140 g/mol. The Kier molecular flexibility index (Phi) is 29.1. The summed E-state index contributed by atoms with van der Waals surface area (Å²) in [4.78, 5) is 50.1. The molecular formula is C52H74BrClN11O9P. The number of methoxy groups -OCH3 is 3. The van der Waals surface area contributed by atoms with Gasteiger partial charge >= 0.3 is 11.4 Å². The van der Waals surface area contributed by atoms with Crippen LogP contribution in [0.4, 0.5) is 34.3 Å². The Balaban J connectivity index is 0.000000424. The van der Waals surface area contributed by atoms with Gasteiger partial charge in [0.25, 0.3) is 0 Å². The van der Waals surface area contributed by atoms with Crippen molar-refractivity contribution in [2.24, 2.45) is 5.73 Å². The molecule has 0 aliphatic heterocycles. The van der Waals surface area contributed by atoms with Crippen molar-refractivity contribution >= 4 is 80.1 Å². The summed E-state index contributed by atoms with van der Waals surface area (Å²) in [6, 6.07) is 22.5. The van der Waals surface area contributed by atoms with E-state index in [-0.39, 0.29) is 28.8 Å². The SMILES string of the molecule is C=CC(=O)N(CCCN(C)C)c1ccc(OC)c(Cc2ncc(Cl)c(Nc3ccccc3P(C)(C)=O)n2)c1.CN(C)CCCN.COc1ccc(Br)cc1[N+](=O)[O-].COc1ccc(NCCCN(C)C)cc1[N+](=O)[O-]. The van der Waals surface area contributed by atoms with Crippen LogP contribution in [0.25, 0.3) is 0 Å². The van der Waals surface area contributed by atoms with Crippen LogP contribution in [0.2, 0.25) is 5.02 Å². The van der Waals surface area contributed by atoms with Gasteiger partial charge in [-0.25, -0.2) is 9.97 Å². The molecule has 0 saturated heterocycles. The third-order valence-corrected chi connectivity index (χ3v) is 12.8. The second-order valence-corrected chi connectivity index (χ2v) is 22.3. The Morgan fingerprint density at radius 2 is 1.36 bits per heavy atom. The highest BCUT2D eigenvalue weighted by Gasteiger charge is 2.20. The number of ether oxygens (including phenoxy) is 3. The lowest BCUT2D eigenvalue weighted by atomic mass is 10.1. The number of para-hydroxylation sites is 1. The van der Waals surface area contributed by atoms with Crippen LogP contribution in [0.5, 0.6) is 17.2 Å². The topological polar surface area (TPSA) is 237 Å². The molecule has 1 aromatic heterocycles. The average Bonchev–Trinajstić information content (AvgIpc) is 3.36. The largest absolute Gasteiger partial charge is 0.496 e. The van der Waals surface area contributed by atoms with E-state index in [1.54, 1.807) is 49.6 Å². The van der Waals surface area contributed by atoms with Crippen LogP contribution in [-0.4, -0.2) is 157 Å². The van der Waals surface area contributed by atoms with E-state index in [1.165, 1.54) is 38.6 Å². The number of aromatic nitrogens is 2. The summed E-state index contributed by atoms with van der Waals surface area (Å²) < 4.78 is 28.8. The fraction of sp³-hybridized carbons (Fsp3) is 0.404. The molecule has 5 rings (SSSR count). The second kappa shape index (κ2) is 33.7. The molecule has 23 heteroatoms. The quantitative estimate of drug-likeness (QED) is 0.0171. The first-order chi connectivity index (χ1) is 35.5. The molecule has 0 atom stereocenters. The number of hydrogen-bond acceptors (Lipinski definition) is 17. The molecule has 1 amide bonds. The van der Waals surface area contributed by atoms with Crippen molar-refractivity contribution in [1.82, 2.24) is 24.7 Å². The number of nitrogens with one attached hydrogen (secondary N) is 2. The molecule has 75 heavy (non-hydrogen) atoms. The maximum absolute atomic E-state index is 12.8. The van der Waals surface area contributed by atoms with Gasteiger partial charge in [0.2, 0.25) is 5.91 Å². The molecule has 0 spiro atoms. The van der Waals surface area contributed by atoms with Crippen molar-refractivity contribution in [2.45, 2.75) is 25.7 Å². The lowest BCUT2D eigenvalue weighted by Crippen LogP contribution is -2.32. The van der Waals surface area contributed by atoms with Gasteiger partial charge in [0.15, 0.2) is 17.3 Å². The van der Waals surface area contributed by atoms with Crippen molar-refractivity contribution < 1.29 is 33.4 Å². The third kappa shape index (κ3) is 23.5.